The zero-order chi connectivity index (χ0) is 21.8. The molecule has 0 fully saturated rings. The molecule has 0 bridgehead atoms. The van der Waals surface area contributed by atoms with Gasteiger partial charge in [0.2, 0.25) is 5.89 Å². The highest BCUT2D eigenvalue weighted by molar-refractivity contribution is 7.21. The summed E-state index contributed by atoms with van der Waals surface area (Å²) in [6.07, 6.45) is 0.751. The van der Waals surface area contributed by atoms with E-state index in [2.05, 4.69) is 10.2 Å². The molecular formula is C22H21N3O4S2. The Morgan fingerprint density at radius 2 is 2.00 bits per heavy atom. The molecule has 1 aromatic carbocycles. The Morgan fingerprint density at radius 3 is 2.74 bits per heavy atom. The second-order valence-electron chi connectivity index (χ2n) is 6.92. The average Bonchev–Trinajstić information content (AvgIpc) is 3.52. The number of thiophene rings is 2. The molecule has 0 aliphatic rings. The molecule has 9 heteroatoms. The fourth-order valence-electron chi connectivity index (χ4n) is 3.20. The lowest BCUT2D eigenvalue weighted by atomic mass is 10.1. The van der Waals surface area contributed by atoms with Gasteiger partial charge in [0.1, 0.15) is 4.88 Å². The third kappa shape index (κ3) is 4.67. The number of ether oxygens (including phenoxy) is 1. The molecule has 4 aromatic rings. The van der Waals surface area contributed by atoms with Crippen LogP contribution in [0.4, 0.5) is 0 Å². The van der Waals surface area contributed by atoms with Gasteiger partial charge in [0.25, 0.3) is 11.8 Å². The summed E-state index contributed by atoms with van der Waals surface area (Å²) in [5.41, 5.74) is 0.871. The van der Waals surface area contributed by atoms with Crippen LogP contribution in [0.3, 0.4) is 0 Å². The molecule has 0 unspecified atom stereocenters. The van der Waals surface area contributed by atoms with Crippen molar-refractivity contribution in [1.82, 2.24) is 15.1 Å². The van der Waals surface area contributed by atoms with Crippen molar-refractivity contribution in [2.45, 2.75) is 26.8 Å². The summed E-state index contributed by atoms with van der Waals surface area (Å²) < 4.78 is 12.0. The van der Waals surface area contributed by atoms with Gasteiger partial charge in [-0.15, -0.1) is 32.9 Å². The molecule has 0 aliphatic heterocycles. The van der Waals surface area contributed by atoms with Crippen molar-refractivity contribution in [2.75, 3.05) is 13.2 Å². The zero-order valence-electron chi connectivity index (χ0n) is 17.2. The van der Waals surface area contributed by atoms with Crippen LogP contribution < -0.4 is 0 Å². The van der Waals surface area contributed by atoms with E-state index in [-0.39, 0.29) is 19.1 Å². The van der Waals surface area contributed by atoms with Gasteiger partial charge in [0.05, 0.1) is 11.4 Å². The van der Waals surface area contributed by atoms with E-state index < -0.39 is 5.97 Å². The molecule has 0 radical (unpaired) electrons. The van der Waals surface area contributed by atoms with Gasteiger partial charge >= 0.3 is 5.97 Å². The predicted molar refractivity (Wildman–Crippen MR) is 120 cm³/mol. The van der Waals surface area contributed by atoms with Crippen LogP contribution in [0.1, 0.15) is 34.5 Å². The van der Waals surface area contributed by atoms with Gasteiger partial charge in [-0.25, -0.2) is 4.79 Å². The van der Waals surface area contributed by atoms with Gasteiger partial charge in [0.15, 0.2) is 6.61 Å². The summed E-state index contributed by atoms with van der Waals surface area (Å²) >= 11 is 2.88. The highest BCUT2D eigenvalue weighted by Crippen LogP contribution is 2.31. The maximum atomic E-state index is 12.7. The standard InChI is InChI=1S/C22H21N3O4S2/c1-3-10-25(12-18-23-24-21(29-18)17-9-6-11-30-17)19(26)13-28-22(27)20-14(2)15-7-4-5-8-16(15)31-20/h4-9,11H,3,10,12-13H2,1-2H3. The molecule has 0 spiro atoms. The number of benzene rings is 1. The van der Waals surface area contributed by atoms with Crippen molar-refractivity contribution in [1.29, 1.82) is 0 Å². The number of hydrogen-bond donors (Lipinski definition) is 0. The molecule has 0 aliphatic carbocycles. The summed E-state index contributed by atoms with van der Waals surface area (Å²) in [7, 11) is 0. The minimum atomic E-state index is -0.485. The number of aryl methyl sites for hydroxylation is 1. The largest absolute Gasteiger partial charge is 0.451 e. The molecule has 3 heterocycles. The molecule has 160 valence electrons. The third-order valence-electron chi connectivity index (χ3n) is 4.73. The molecule has 0 saturated carbocycles. The van der Waals surface area contributed by atoms with Crippen molar-refractivity contribution >= 4 is 44.6 Å². The molecule has 7 nitrogen and oxygen atoms in total. The smallest absolute Gasteiger partial charge is 0.349 e. The number of nitrogens with zero attached hydrogens (tertiary/aromatic N) is 3. The third-order valence-corrected chi connectivity index (χ3v) is 6.84. The van der Waals surface area contributed by atoms with Crippen molar-refractivity contribution < 1.29 is 18.7 Å². The van der Waals surface area contributed by atoms with E-state index in [0.717, 1.165) is 26.9 Å². The average molecular weight is 456 g/mol. The van der Waals surface area contributed by atoms with E-state index in [9.17, 15) is 9.59 Å². The molecule has 0 saturated heterocycles. The summed E-state index contributed by atoms with van der Waals surface area (Å²) in [5.74, 6) is -0.0106. The van der Waals surface area contributed by atoms with E-state index in [1.54, 1.807) is 4.90 Å². The molecule has 31 heavy (non-hydrogen) atoms. The van der Waals surface area contributed by atoms with E-state index in [0.29, 0.717) is 23.2 Å². The number of amides is 1. The first-order valence-electron chi connectivity index (χ1n) is 9.86. The maximum Gasteiger partial charge on any atom is 0.349 e. The Kier molecular flexibility index (Phi) is 6.43. The minimum Gasteiger partial charge on any atom is -0.451 e. The van der Waals surface area contributed by atoms with E-state index in [4.69, 9.17) is 9.15 Å². The Bertz CT molecular complexity index is 1200. The Labute approximate surface area is 187 Å². The van der Waals surface area contributed by atoms with Crippen LogP contribution >= 0.6 is 22.7 Å². The van der Waals surface area contributed by atoms with Crippen LogP contribution in [-0.2, 0) is 16.1 Å². The van der Waals surface area contributed by atoms with Crippen molar-refractivity contribution in [2.24, 2.45) is 0 Å². The van der Waals surface area contributed by atoms with Crippen LogP contribution in [0.15, 0.2) is 46.2 Å². The van der Waals surface area contributed by atoms with Crippen LogP contribution in [0, 0.1) is 6.92 Å². The van der Waals surface area contributed by atoms with Gasteiger partial charge in [-0.1, -0.05) is 31.2 Å². The van der Waals surface area contributed by atoms with Crippen LogP contribution in [0.5, 0.6) is 0 Å². The second kappa shape index (κ2) is 9.40. The summed E-state index contributed by atoms with van der Waals surface area (Å²) in [5, 5.41) is 11.0. The SMILES string of the molecule is CCCN(Cc1nnc(-c2cccs2)o1)C(=O)COC(=O)c1sc2ccccc2c1C. The number of rotatable bonds is 8. The molecule has 4 rings (SSSR count). The molecule has 1 amide bonds. The van der Waals surface area contributed by atoms with Gasteiger partial charge in [-0.2, -0.15) is 0 Å². The van der Waals surface area contributed by atoms with Gasteiger partial charge in [-0.05, 0) is 41.8 Å². The van der Waals surface area contributed by atoms with Crippen LogP contribution in [-0.4, -0.2) is 40.1 Å². The number of esters is 1. The van der Waals surface area contributed by atoms with Gasteiger partial charge < -0.3 is 14.1 Å². The molecule has 0 N–H and O–H groups in total. The monoisotopic (exact) mass is 455 g/mol. The first-order chi connectivity index (χ1) is 15.1. The first kappa shape index (κ1) is 21.2. The lowest BCUT2D eigenvalue weighted by Crippen LogP contribution is -2.35. The maximum absolute atomic E-state index is 12.7. The second-order valence-corrected chi connectivity index (χ2v) is 8.92. The lowest BCUT2D eigenvalue weighted by Gasteiger charge is -2.20. The number of carbonyl (C=O) groups is 2. The van der Waals surface area contributed by atoms with Crippen LogP contribution in [0.2, 0.25) is 0 Å². The number of fused-ring (bicyclic) bond motifs is 1. The fraction of sp³-hybridized carbons (Fsp3) is 0.273. The summed E-state index contributed by atoms with van der Waals surface area (Å²) in [6.45, 7) is 4.19. The van der Waals surface area contributed by atoms with Crippen molar-refractivity contribution in [3.05, 3.63) is 58.1 Å². The van der Waals surface area contributed by atoms with Gasteiger partial charge in [0, 0.05) is 11.2 Å². The minimum absolute atomic E-state index is 0.171. The highest BCUT2D eigenvalue weighted by atomic mass is 32.1. The molecule has 3 aromatic heterocycles. The summed E-state index contributed by atoms with van der Waals surface area (Å²) in [4.78, 5) is 28.3. The number of carbonyl (C=O) groups excluding carboxylic acids is 2. The molecule has 0 atom stereocenters. The quantitative estimate of drug-likeness (QED) is 0.351. The Balaban J connectivity index is 1.40. The Morgan fingerprint density at radius 1 is 1.16 bits per heavy atom. The molecular weight excluding hydrogens is 434 g/mol. The highest BCUT2D eigenvalue weighted by Gasteiger charge is 2.21. The topological polar surface area (TPSA) is 85.5 Å². The van der Waals surface area contributed by atoms with Crippen molar-refractivity contribution in [3.63, 3.8) is 0 Å². The van der Waals surface area contributed by atoms with Crippen molar-refractivity contribution in [3.8, 4) is 10.8 Å². The number of aromatic nitrogens is 2. The van der Waals surface area contributed by atoms with E-state index in [1.807, 2.05) is 55.6 Å². The van der Waals surface area contributed by atoms with Gasteiger partial charge in [-0.3, -0.25) is 4.79 Å². The van der Waals surface area contributed by atoms with E-state index >= 15 is 0 Å². The Hall–Kier alpha value is -3.04. The van der Waals surface area contributed by atoms with E-state index in [1.165, 1.54) is 22.7 Å². The normalized spacial score (nSPS) is 11.0. The lowest BCUT2D eigenvalue weighted by molar-refractivity contribution is -0.135. The zero-order valence-corrected chi connectivity index (χ0v) is 18.8. The predicted octanol–water partition coefficient (Wildman–Crippen LogP) is 4.92. The number of hydrogen-bond acceptors (Lipinski definition) is 8. The first-order valence-corrected chi connectivity index (χ1v) is 11.6. The fourth-order valence-corrected chi connectivity index (χ4v) is 4.94. The van der Waals surface area contributed by atoms with Crippen LogP contribution in [0.25, 0.3) is 20.9 Å². The summed E-state index contributed by atoms with van der Waals surface area (Å²) in [6, 6.07) is 11.6.